The van der Waals surface area contributed by atoms with Gasteiger partial charge in [0.05, 0.1) is 5.69 Å². The van der Waals surface area contributed by atoms with Gasteiger partial charge in [-0.1, -0.05) is 36.4 Å². The molecule has 0 saturated carbocycles. The fourth-order valence-electron chi connectivity index (χ4n) is 1.97. The molecule has 2 aromatic rings. The number of rotatable bonds is 5. The Labute approximate surface area is 147 Å². The number of esters is 1. The van der Waals surface area contributed by atoms with Gasteiger partial charge in [0.25, 0.3) is 0 Å². The van der Waals surface area contributed by atoms with Crippen LogP contribution in [0.25, 0.3) is 12.2 Å². The zero-order valence-corrected chi connectivity index (χ0v) is 14.6. The lowest BCUT2D eigenvalue weighted by Gasteiger charge is -2.17. The molecule has 4 nitrogen and oxygen atoms in total. The molecule has 0 unspecified atom stereocenters. The van der Waals surface area contributed by atoms with Crippen molar-refractivity contribution < 1.29 is 14.3 Å². The van der Waals surface area contributed by atoms with Gasteiger partial charge in [0.2, 0.25) is 0 Å². The minimum absolute atomic E-state index is 0.0606. The molecule has 1 aromatic carbocycles. The van der Waals surface area contributed by atoms with E-state index in [2.05, 4.69) is 4.98 Å². The SMILES string of the molecule is CC(C)(C)OC(=O)/C=C/c1ccc(/C=C/C(=O)c2ccccc2)cn1. The first-order valence-electron chi connectivity index (χ1n) is 7.98. The summed E-state index contributed by atoms with van der Waals surface area (Å²) in [4.78, 5) is 27.9. The largest absolute Gasteiger partial charge is 0.457 e. The molecule has 0 spiro atoms. The first-order valence-corrected chi connectivity index (χ1v) is 7.98. The smallest absolute Gasteiger partial charge is 0.331 e. The number of aromatic nitrogens is 1. The minimum atomic E-state index is -0.519. The Balaban J connectivity index is 1.97. The molecular formula is C21H21NO3. The average molecular weight is 335 g/mol. The van der Waals surface area contributed by atoms with Crippen LogP contribution in [0.4, 0.5) is 0 Å². The number of pyridine rings is 1. The molecule has 25 heavy (non-hydrogen) atoms. The van der Waals surface area contributed by atoms with Crippen LogP contribution < -0.4 is 0 Å². The van der Waals surface area contributed by atoms with Crippen LogP contribution in [0, 0.1) is 0 Å². The van der Waals surface area contributed by atoms with E-state index in [0.29, 0.717) is 11.3 Å². The summed E-state index contributed by atoms with van der Waals surface area (Å²) in [5.74, 6) is -0.471. The molecule has 1 aromatic heterocycles. The number of ether oxygens (including phenoxy) is 1. The van der Waals surface area contributed by atoms with Crippen LogP contribution in [0.1, 0.15) is 42.4 Å². The van der Waals surface area contributed by atoms with Gasteiger partial charge in [0.15, 0.2) is 5.78 Å². The molecular weight excluding hydrogens is 314 g/mol. The standard InChI is InChI=1S/C21H21NO3/c1-21(2,3)25-20(24)14-12-18-11-9-16(15-22-18)10-13-19(23)17-7-5-4-6-8-17/h4-15H,1-3H3/b13-10+,14-12+. The Morgan fingerprint density at radius 1 is 0.960 bits per heavy atom. The Morgan fingerprint density at radius 2 is 1.68 bits per heavy atom. The van der Waals surface area contributed by atoms with Gasteiger partial charge >= 0.3 is 5.97 Å². The van der Waals surface area contributed by atoms with Crippen LogP contribution in [-0.2, 0) is 9.53 Å². The zero-order chi connectivity index (χ0) is 18.3. The quantitative estimate of drug-likeness (QED) is 0.463. The van der Waals surface area contributed by atoms with Gasteiger partial charge in [0, 0.05) is 17.8 Å². The second-order valence-electron chi connectivity index (χ2n) is 6.45. The van der Waals surface area contributed by atoms with Crippen LogP contribution in [0.5, 0.6) is 0 Å². The molecule has 0 amide bonds. The summed E-state index contributed by atoms with van der Waals surface area (Å²) < 4.78 is 5.19. The molecule has 4 heteroatoms. The third kappa shape index (κ3) is 6.55. The van der Waals surface area contributed by atoms with Crippen molar-refractivity contribution >= 4 is 23.9 Å². The van der Waals surface area contributed by atoms with E-state index in [1.807, 2.05) is 45.0 Å². The Morgan fingerprint density at radius 3 is 2.28 bits per heavy atom. The number of hydrogen-bond acceptors (Lipinski definition) is 4. The predicted octanol–water partition coefficient (Wildman–Crippen LogP) is 4.33. The summed E-state index contributed by atoms with van der Waals surface area (Å²) in [6.07, 6.45) is 7.81. The van der Waals surface area contributed by atoms with Crippen molar-refractivity contribution in [1.82, 2.24) is 4.98 Å². The van der Waals surface area contributed by atoms with Gasteiger partial charge in [-0.05, 0) is 50.6 Å². The van der Waals surface area contributed by atoms with E-state index in [1.54, 1.807) is 36.5 Å². The van der Waals surface area contributed by atoms with E-state index in [-0.39, 0.29) is 5.78 Å². The Hall–Kier alpha value is -3.01. The maximum absolute atomic E-state index is 12.0. The highest BCUT2D eigenvalue weighted by Crippen LogP contribution is 2.09. The lowest BCUT2D eigenvalue weighted by atomic mass is 10.1. The van der Waals surface area contributed by atoms with Crippen molar-refractivity contribution in [2.24, 2.45) is 0 Å². The first-order chi connectivity index (χ1) is 11.8. The molecule has 0 aliphatic carbocycles. The maximum Gasteiger partial charge on any atom is 0.331 e. The van der Waals surface area contributed by atoms with E-state index in [1.165, 1.54) is 12.2 Å². The highest BCUT2D eigenvalue weighted by atomic mass is 16.6. The van der Waals surface area contributed by atoms with Gasteiger partial charge < -0.3 is 4.74 Å². The highest BCUT2D eigenvalue weighted by Gasteiger charge is 2.13. The summed E-state index contributed by atoms with van der Waals surface area (Å²) in [6, 6.07) is 12.7. The molecule has 0 radical (unpaired) electrons. The first kappa shape index (κ1) is 18.3. The van der Waals surface area contributed by atoms with Crippen LogP contribution in [0.3, 0.4) is 0 Å². The molecule has 0 aliphatic rings. The fraction of sp³-hybridized carbons (Fsp3) is 0.190. The lowest BCUT2D eigenvalue weighted by molar-refractivity contribution is -0.148. The van der Waals surface area contributed by atoms with Gasteiger partial charge in [-0.15, -0.1) is 0 Å². The molecule has 0 aliphatic heterocycles. The zero-order valence-electron chi connectivity index (χ0n) is 14.6. The van der Waals surface area contributed by atoms with E-state index in [0.717, 1.165) is 5.56 Å². The molecule has 128 valence electrons. The lowest BCUT2D eigenvalue weighted by Crippen LogP contribution is -2.22. The predicted molar refractivity (Wildman–Crippen MR) is 98.9 cm³/mol. The fourth-order valence-corrected chi connectivity index (χ4v) is 1.97. The number of ketones is 1. The summed E-state index contributed by atoms with van der Waals surface area (Å²) in [5.41, 5.74) is 1.56. The van der Waals surface area contributed by atoms with Crippen molar-refractivity contribution in [2.75, 3.05) is 0 Å². The van der Waals surface area contributed by atoms with Crippen molar-refractivity contribution in [3.05, 3.63) is 77.6 Å². The Bertz CT molecular complexity index is 782. The third-order valence-electron chi connectivity index (χ3n) is 3.09. The minimum Gasteiger partial charge on any atom is -0.457 e. The Kier molecular flexibility index (Phi) is 6.01. The number of hydrogen-bond donors (Lipinski definition) is 0. The third-order valence-corrected chi connectivity index (χ3v) is 3.09. The van der Waals surface area contributed by atoms with Crippen LogP contribution >= 0.6 is 0 Å². The molecule has 0 saturated heterocycles. The molecule has 0 atom stereocenters. The molecule has 0 N–H and O–H groups in total. The number of nitrogens with zero attached hydrogens (tertiary/aromatic N) is 1. The van der Waals surface area contributed by atoms with Crippen molar-refractivity contribution in [1.29, 1.82) is 0 Å². The van der Waals surface area contributed by atoms with E-state index in [9.17, 15) is 9.59 Å². The number of carbonyl (C=O) groups is 2. The summed E-state index contributed by atoms with van der Waals surface area (Å²) in [6.45, 7) is 5.44. The maximum atomic E-state index is 12.0. The van der Waals surface area contributed by atoms with Crippen LogP contribution in [0.15, 0.2) is 60.8 Å². The molecule has 0 bridgehead atoms. The summed E-state index contributed by atoms with van der Waals surface area (Å²) in [7, 11) is 0. The van der Waals surface area contributed by atoms with E-state index in [4.69, 9.17) is 4.74 Å². The van der Waals surface area contributed by atoms with Gasteiger partial charge in [-0.2, -0.15) is 0 Å². The van der Waals surface area contributed by atoms with Gasteiger partial charge in [0.1, 0.15) is 5.60 Å². The second-order valence-corrected chi connectivity index (χ2v) is 6.45. The summed E-state index contributed by atoms with van der Waals surface area (Å²) >= 11 is 0. The van der Waals surface area contributed by atoms with Crippen LogP contribution in [-0.4, -0.2) is 22.3 Å². The van der Waals surface area contributed by atoms with Crippen molar-refractivity contribution in [3.8, 4) is 0 Å². The van der Waals surface area contributed by atoms with E-state index >= 15 is 0 Å². The highest BCUT2D eigenvalue weighted by molar-refractivity contribution is 6.06. The summed E-state index contributed by atoms with van der Waals surface area (Å²) in [5, 5.41) is 0. The van der Waals surface area contributed by atoms with Crippen molar-refractivity contribution in [2.45, 2.75) is 26.4 Å². The number of allylic oxidation sites excluding steroid dienone is 1. The monoisotopic (exact) mass is 335 g/mol. The molecule has 0 fully saturated rings. The number of benzene rings is 1. The van der Waals surface area contributed by atoms with E-state index < -0.39 is 11.6 Å². The van der Waals surface area contributed by atoms with Gasteiger partial charge in [-0.25, -0.2) is 4.79 Å². The molecule has 1 heterocycles. The average Bonchev–Trinajstić information content (AvgIpc) is 2.58. The topological polar surface area (TPSA) is 56.3 Å². The number of carbonyl (C=O) groups excluding carboxylic acids is 2. The normalized spacial score (nSPS) is 11.8. The van der Waals surface area contributed by atoms with Gasteiger partial charge in [-0.3, -0.25) is 9.78 Å². The van der Waals surface area contributed by atoms with Crippen molar-refractivity contribution in [3.63, 3.8) is 0 Å². The molecule has 2 rings (SSSR count). The van der Waals surface area contributed by atoms with Crippen LogP contribution in [0.2, 0.25) is 0 Å². The second kappa shape index (κ2) is 8.20.